The fourth-order valence-electron chi connectivity index (χ4n) is 4.48. The molecule has 0 aliphatic rings. The predicted octanol–water partition coefficient (Wildman–Crippen LogP) is 6.16. The highest BCUT2D eigenvalue weighted by molar-refractivity contribution is 6.34. The molecule has 0 saturated carbocycles. The molecule has 0 bridgehead atoms. The smallest absolute Gasteiger partial charge is 0.270 e. The molecule has 0 spiro atoms. The van der Waals surface area contributed by atoms with Crippen molar-refractivity contribution in [3.05, 3.63) is 110 Å². The van der Waals surface area contributed by atoms with Gasteiger partial charge in [-0.1, -0.05) is 59.6 Å². The summed E-state index contributed by atoms with van der Waals surface area (Å²) in [4.78, 5) is 44.2. The van der Waals surface area contributed by atoms with Gasteiger partial charge in [0.15, 0.2) is 0 Å². The number of nitrogens with one attached hydrogen (secondary N) is 1. The van der Waals surface area contributed by atoms with Crippen molar-refractivity contribution < 1.29 is 14.5 Å². The monoisotopic (exact) mass is 546 g/mol. The molecule has 0 fully saturated rings. The second-order valence-corrected chi connectivity index (χ2v) is 10.3. The summed E-state index contributed by atoms with van der Waals surface area (Å²) >= 11 is 6.24. The standard InChI is InChI=1S/C30H31ClN4O4/c1-20(2)34(30(37)26-13-12-24(35(38)39)16-27(26)31)19-29(36)33(18-22-10-8-21(3)9-11-22)15-14-23-17-32-28-7-5-4-6-25(23)28/h4-13,16-17,20,32H,14-15,18-19H2,1-3H3. The Hall–Kier alpha value is -4.17. The molecule has 3 aromatic carbocycles. The van der Waals surface area contributed by atoms with Gasteiger partial charge in [-0.05, 0) is 50.5 Å². The molecule has 0 atom stereocenters. The van der Waals surface area contributed by atoms with Crippen molar-refractivity contribution in [2.45, 2.75) is 39.8 Å². The lowest BCUT2D eigenvalue weighted by molar-refractivity contribution is -0.384. The Labute approximate surface area is 232 Å². The maximum Gasteiger partial charge on any atom is 0.270 e. The number of para-hydroxylation sites is 1. The molecule has 8 nitrogen and oxygen atoms in total. The first-order valence-electron chi connectivity index (χ1n) is 12.8. The topological polar surface area (TPSA) is 99.6 Å². The zero-order chi connectivity index (χ0) is 28.1. The number of fused-ring (bicyclic) bond motifs is 1. The maximum atomic E-state index is 13.7. The van der Waals surface area contributed by atoms with Crippen molar-refractivity contribution in [2.75, 3.05) is 13.1 Å². The van der Waals surface area contributed by atoms with Crippen LogP contribution in [0.25, 0.3) is 10.9 Å². The average molecular weight is 547 g/mol. The summed E-state index contributed by atoms with van der Waals surface area (Å²) in [5, 5.41) is 12.2. The molecule has 0 aliphatic carbocycles. The Morgan fingerprint density at radius 3 is 2.44 bits per heavy atom. The van der Waals surface area contributed by atoms with E-state index < -0.39 is 10.8 Å². The number of rotatable bonds is 10. The predicted molar refractivity (Wildman–Crippen MR) is 153 cm³/mol. The molecule has 0 saturated heterocycles. The number of carbonyl (C=O) groups excluding carboxylic acids is 2. The van der Waals surface area contributed by atoms with Gasteiger partial charge in [-0.15, -0.1) is 0 Å². The number of nitro benzene ring substituents is 1. The lowest BCUT2D eigenvalue weighted by Gasteiger charge is -2.30. The fraction of sp³-hybridized carbons (Fsp3) is 0.267. The van der Waals surface area contributed by atoms with E-state index in [4.69, 9.17) is 11.6 Å². The number of carbonyl (C=O) groups is 2. The van der Waals surface area contributed by atoms with Crippen LogP contribution in [-0.2, 0) is 17.8 Å². The minimum atomic E-state index is -0.569. The van der Waals surface area contributed by atoms with Gasteiger partial charge in [0.1, 0.15) is 6.54 Å². The largest absolute Gasteiger partial charge is 0.361 e. The third-order valence-electron chi connectivity index (χ3n) is 6.76. The molecule has 9 heteroatoms. The van der Waals surface area contributed by atoms with Crippen LogP contribution in [-0.4, -0.2) is 50.7 Å². The van der Waals surface area contributed by atoms with Crippen LogP contribution in [0.15, 0.2) is 72.9 Å². The summed E-state index contributed by atoms with van der Waals surface area (Å²) in [5.74, 6) is -0.652. The van der Waals surface area contributed by atoms with E-state index in [1.54, 1.807) is 4.90 Å². The molecule has 1 heterocycles. The van der Waals surface area contributed by atoms with Crippen LogP contribution in [0.2, 0.25) is 5.02 Å². The first kappa shape index (κ1) is 27.9. The summed E-state index contributed by atoms with van der Waals surface area (Å²) in [6.07, 6.45) is 2.62. The summed E-state index contributed by atoms with van der Waals surface area (Å²) in [5.41, 5.74) is 4.20. The Morgan fingerprint density at radius 2 is 1.77 bits per heavy atom. The highest BCUT2D eigenvalue weighted by atomic mass is 35.5. The van der Waals surface area contributed by atoms with Gasteiger partial charge in [0.25, 0.3) is 11.6 Å². The van der Waals surface area contributed by atoms with E-state index in [0.29, 0.717) is 19.5 Å². The molecule has 0 aliphatic heterocycles. The van der Waals surface area contributed by atoms with E-state index in [9.17, 15) is 19.7 Å². The number of aryl methyl sites for hydroxylation is 1. The fourth-order valence-corrected chi connectivity index (χ4v) is 4.74. The zero-order valence-corrected chi connectivity index (χ0v) is 22.9. The van der Waals surface area contributed by atoms with Crippen LogP contribution in [0.1, 0.15) is 40.9 Å². The Bertz CT molecular complexity index is 1500. The van der Waals surface area contributed by atoms with E-state index in [-0.39, 0.29) is 34.8 Å². The second kappa shape index (κ2) is 12.1. The Morgan fingerprint density at radius 1 is 1.05 bits per heavy atom. The number of nitro groups is 1. The SMILES string of the molecule is Cc1ccc(CN(CCc2c[nH]c3ccccc23)C(=O)CN(C(=O)c2ccc([N+](=O)[O-])cc2Cl)C(C)C)cc1. The van der Waals surface area contributed by atoms with E-state index in [1.807, 2.05) is 69.4 Å². The molecule has 4 aromatic rings. The molecule has 0 radical (unpaired) electrons. The number of non-ortho nitro benzene ring substituents is 1. The lowest BCUT2D eigenvalue weighted by Crippen LogP contribution is -2.46. The average Bonchev–Trinajstić information content (AvgIpc) is 3.33. The third kappa shape index (κ3) is 6.64. The number of aromatic nitrogens is 1. The number of H-pyrrole nitrogens is 1. The normalized spacial score (nSPS) is 11.1. The van der Waals surface area contributed by atoms with Crippen molar-refractivity contribution >= 4 is 40.0 Å². The summed E-state index contributed by atoms with van der Waals surface area (Å²) < 4.78 is 0. The summed E-state index contributed by atoms with van der Waals surface area (Å²) in [7, 11) is 0. The minimum Gasteiger partial charge on any atom is -0.361 e. The van der Waals surface area contributed by atoms with Crippen molar-refractivity contribution in [3.63, 3.8) is 0 Å². The molecular formula is C30H31ClN4O4. The summed E-state index contributed by atoms with van der Waals surface area (Å²) in [6, 6.07) is 19.5. The lowest BCUT2D eigenvalue weighted by atomic mass is 10.1. The van der Waals surface area contributed by atoms with Crippen LogP contribution in [0.4, 0.5) is 5.69 Å². The molecule has 2 amide bonds. The minimum absolute atomic E-state index is 0.0249. The molecule has 1 N–H and O–H groups in total. The van der Waals surface area contributed by atoms with Crippen molar-refractivity contribution in [2.24, 2.45) is 0 Å². The van der Waals surface area contributed by atoms with E-state index in [1.165, 1.54) is 17.0 Å². The number of amides is 2. The molecule has 1 aromatic heterocycles. The van der Waals surface area contributed by atoms with Crippen molar-refractivity contribution in [1.29, 1.82) is 0 Å². The van der Waals surface area contributed by atoms with Crippen LogP contribution in [0.3, 0.4) is 0 Å². The highest BCUT2D eigenvalue weighted by Crippen LogP contribution is 2.25. The van der Waals surface area contributed by atoms with Gasteiger partial charge >= 0.3 is 0 Å². The Balaban J connectivity index is 1.56. The van der Waals surface area contributed by atoms with Crippen LogP contribution in [0.5, 0.6) is 0 Å². The molecular weight excluding hydrogens is 516 g/mol. The van der Waals surface area contributed by atoms with Crippen LogP contribution < -0.4 is 0 Å². The van der Waals surface area contributed by atoms with Crippen LogP contribution >= 0.6 is 11.6 Å². The van der Waals surface area contributed by atoms with E-state index in [0.717, 1.165) is 33.7 Å². The van der Waals surface area contributed by atoms with Gasteiger partial charge in [-0.25, -0.2) is 0 Å². The van der Waals surface area contributed by atoms with Gasteiger partial charge in [0, 0.05) is 48.4 Å². The molecule has 202 valence electrons. The molecule has 0 unspecified atom stereocenters. The van der Waals surface area contributed by atoms with E-state index >= 15 is 0 Å². The van der Waals surface area contributed by atoms with Crippen LogP contribution in [0, 0.1) is 17.0 Å². The number of halogens is 1. The van der Waals surface area contributed by atoms with Gasteiger partial charge in [0.05, 0.1) is 15.5 Å². The Kier molecular flexibility index (Phi) is 8.66. The number of hydrogen-bond donors (Lipinski definition) is 1. The van der Waals surface area contributed by atoms with Gasteiger partial charge in [-0.3, -0.25) is 19.7 Å². The quantitative estimate of drug-likeness (QED) is 0.190. The molecule has 4 rings (SSSR count). The van der Waals surface area contributed by atoms with Crippen molar-refractivity contribution in [1.82, 2.24) is 14.8 Å². The van der Waals surface area contributed by atoms with Gasteiger partial charge in [-0.2, -0.15) is 0 Å². The number of benzene rings is 3. The maximum absolute atomic E-state index is 13.7. The van der Waals surface area contributed by atoms with Crippen molar-refractivity contribution in [3.8, 4) is 0 Å². The summed E-state index contributed by atoms with van der Waals surface area (Å²) in [6.45, 7) is 6.37. The zero-order valence-electron chi connectivity index (χ0n) is 22.2. The third-order valence-corrected chi connectivity index (χ3v) is 7.07. The van der Waals surface area contributed by atoms with Gasteiger partial charge in [0.2, 0.25) is 5.91 Å². The highest BCUT2D eigenvalue weighted by Gasteiger charge is 2.27. The second-order valence-electron chi connectivity index (χ2n) is 9.86. The van der Waals surface area contributed by atoms with E-state index in [2.05, 4.69) is 11.1 Å². The number of nitrogens with zero attached hydrogens (tertiary/aromatic N) is 3. The first-order valence-corrected chi connectivity index (χ1v) is 13.1. The molecule has 39 heavy (non-hydrogen) atoms. The number of aromatic amines is 1. The van der Waals surface area contributed by atoms with Gasteiger partial charge < -0.3 is 14.8 Å². The number of hydrogen-bond acceptors (Lipinski definition) is 4. The first-order chi connectivity index (χ1) is 18.6.